The van der Waals surface area contributed by atoms with Gasteiger partial charge in [-0.25, -0.2) is 4.79 Å². The fourth-order valence-electron chi connectivity index (χ4n) is 1.96. The molecule has 0 spiro atoms. The number of aliphatic hydroxyl groups is 1. The Morgan fingerprint density at radius 1 is 1.50 bits per heavy atom. The predicted octanol–water partition coefficient (Wildman–Crippen LogP) is 0.918. The summed E-state index contributed by atoms with van der Waals surface area (Å²) >= 11 is 0. The SMILES string of the molecule is C[C@H]1OC(=O)C[C@H](O)[C@@H]1N(C)C(=O)OC(C)(C)C. The number of rotatable bonds is 1. The van der Waals surface area contributed by atoms with Crippen LogP contribution in [-0.2, 0) is 14.3 Å². The van der Waals surface area contributed by atoms with E-state index in [1.165, 1.54) is 11.9 Å². The van der Waals surface area contributed by atoms with Crippen LogP contribution in [0.25, 0.3) is 0 Å². The summed E-state index contributed by atoms with van der Waals surface area (Å²) in [5, 5.41) is 9.88. The van der Waals surface area contributed by atoms with Crippen LogP contribution in [-0.4, -0.2) is 53.0 Å². The molecule has 1 rings (SSSR count). The van der Waals surface area contributed by atoms with Crippen LogP contribution < -0.4 is 0 Å². The summed E-state index contributed by atoms with van der Waals surface area (Å²) in [5.74, 6) is -0.455. The third kappa shape index (κ3) is 3.60. The molecule has 1 aliphatic heterocycles. The molecule has 1 aliphatic rings. The average Bonchev–Trinajstić information content (AvgIpc) is 2.12. The van der Waals surface area contributed by atoms with Gasteiger partial charge >= 0.3 is 12.1 Å². The third-order valence-corrected chi connectivity index (χ3v) is 2.70. The van der Waals surface area contributed by atoms with Crippen molar-refractivity contribution in [2.45, 2.75) is 58.0 Å². The first-order valence-electron chi connectivity index (χ1n) is 5.95. The first-order valence-corrected chi connectivity index (χ1v) is 5.95. The molecule has 3 atom stereocenters. The van der Waals surface area contributed by atoms with Crippen molar-refractivity contribution in [2.75, 3.05) is 7.05 Å². The van der Waals surface area contributed by atoms with E-state index in [0.717, 1.165) is 0 Å². The predicted molar refractivity (Wildman–Crippen MR) is 64.0 cm³/mol. The first kappa shape index (κ1) is 14.8. The van der Waals surface area contributed by atoms with E-state index in [1.807, 2.05) is 0 Å². The van der Waals surface area contributed by atoms with Gasteiger partial charge in [0.05, 0.1) is 18.6 Å². The van der Waals surface area contributed by atoms with Crippen LogP contribution in [0.3, 0.4) is 0 Å². The van der Waals surface area contributed by atoms with E-state index in [1.54, 1.807) is 27.7 Å². The normalized spacial score (nSPS) is 28.6. The molecule has 18 heavy (non-hydrogen) atoms. The van der Waals surface area contributed by atoms with Crippen LogP contribution in [0.15, 0.2) is 0 Å². The van der Waals surface area contributed by atoms with Crippen LogP contribution in [0.1, 0.15) is 34.1 Å². The first-order chi connectivity index (χ1) is 8.11. The van der Waals surface area contributed by atoms with Crippen LogP contribution in [0.4, 0.5) is 4.79 Å². The summed E-state index contributed by atoms with van der Waals surface area (Å²) in [7, 11) is 1.53. The van der Waals surface area contributed by atoms with Crippen LogP contribution in [0.2, 0.25) is 0 Å². The Morgan fingerprint density at radius 3 is 2.50 bits per heavy atom. The zero-order chi connectivity index (χ0) is 14.1. The van der Waals surface area contributed by atoms with Gasteiger partial charge in [-0.3, -0.25) is 4.79 Å². The summed E-state index contributed by atoms with van der Waals surface area (Å²) < 4.78 is 10.2. The maximum atomic E-state index is 11.9. The smallest absolute Gasteiger partial charge is 0.410 e. The zero-order valence-electron chi connectivity index (χ0n) is 11.5. The van der Waals surface area contributed by atoms with E-state index in [0.29, 0.717) is 0 Å². The van der Waals surface area contributed by atoms with Gasteiger partial charge in [-0.2, -0.15) is 0 Å². The zero-order valence-corrected chi connectivity index (χ0v) is 11.5. The molecule has 1 fully saturated rings. The molecule has 1 saturated heterocycles. The Morgan fingerprint density at radius 2 is 2.06 bits per heavy atom. The number of carbonyl (C=O) groups excluding carboxylic acids is 2. The minimum absolute atomic E-state index is 0.109. The van der Waals surface area contributed by atoms with Gasteiger partial charge in [0.1, 0.15) is 11.7 Å². The molecule has 0 aromatic carbocycles. The van der Waals surface area contributed by atoms with E-state index in [4.69, 9.17) is 9.47 Å². The molecule has 104 valence electrons. The summed E-state index contributed by atoms with van der Waals surface area (Å²) in [4.78, 5) is 24.3. The van der Waals surface area contributed by atoms with Crippen molar-refractivity contribution in [2.24, 2.45) is 0 Å². The Kier molecular flexibility index (Phi) is 4.21. The van der Waals surface area contributed by atoms with Gasteiger partial charge in [-0.1, -0.05) is 0 Å². The molecule has 0 saturated carbocycles. The van der Waals surface area contributed by atoms with Gasteiger partial charge in [0.15, 0.2) is 0 Å². The maximum absolute atomic E-state index is 11.9. The number of hydrogen-bond donors (Lipinski definition) is 1. The van der Waals surface area contributed by atoms with E-state index in [9.17, 15) is 14.7 Å². The summed E-state index contributed by atoms with van der Waals surface area (Å²) in [5.41, 5.74) is -0.606. The molecule has 1 heterocycles. The Bertz CT molecular complexity index is 322. The second-order valence-electron chi connectivity index (χ2n) is 5.55. The molecule has 1 amide bonds. The van der Waals surface area contributed by atoms with Crippen molar-refractivity contribution < 1.29 is 24.2 Å². The highest BCUT2D eigenvalue weighted by Crippen LogP contribution is 2.22. The summed E-state index contributed by atoms with van der Waals surface area (Å²) in [6, 6.07) is -0.586. The molecule has 0 bridgehead atoms. The summed E-state index contributed by atoms with van der Waals surface area (Å²) in [6.07, 6.45) is -2.14. The van der Waals surface area contributed by atoms with E-state index in [2.05, 4.69) is 0 Å². The van der Waals surface area contributed by atoms with Crippen molar-refractivity contribution >= 4 is 12.1 Å². The monoisotopic (exact) mass is 259 g/mol. The largest absolute Gasteiger partial charge is 0.460 e. The van der Waals surface area contributed by atoms with E-state index < -0.39 is 35.9 Å². The molecule has 0 unspecified atom stereocenters. The number of hydrogen-bond acceptors (Lipinski definition) is 5. The second-order valence-corrected chi connectivity index (χ2v) is 5.55. The van der Waals surface area contributed by atoms with Crippen LogP contribution in [0, 0.1) is 0 Å². The number of nitrogens with zero attached hydrogens (tertiary/aromatic N) is 1. The van der Waals surface area contributed by atoms with Crippen molar-refractivity contribution in [3.8, 4) is 0 Å². The van der Waals surface area contributed by atoms with Crippen molar-refractivity contribution in [3.05, 3.63) is 0 Å². The molecule has 6 heteroatoms. The molecule has 6 nitrogen and oxygen atoms in total. The van der Waals surface area contributed by atoms with Gasteiger partial charge in [-0.15, -0.1) is 0 Å². The van der Waals surface area contributed by atoms with Crippen LogP contribution >= 0.6 is 0 Å². The fourth-order valence-corrected chi connectivity index (χ4v) is 1.96. The fraction of sp³-hybridized carbons (Fsp3) is 0.833. The van der Waals surface area contributed by atoms with E-state index >= 15 is 0 Å². The lowest BCUT2D eigenvalue weighted by molar-refractivity contribution is -0.167. The highest BCUT2D eigenvalue weighted by molar-refractivity contribution is 5.73. The van der Waals surface area contributed by atoms with Gasteiger partial charge in [-0.05, 0) is 27.7 Å². The Labute approximate surface area is 107 Å². The van der Waals surface area contributed by atoms with Gasteiger partial charge in [0.2, 0.25) is 0 Å². The second kappa shape index (κ2) is 5.14. The molecular formula is C12H21NO5. The number of cyclic esters (lactones) is 1. The minimum atomic E-state index is -0.932. The van der Waals surface area contributed by atoms with Crippen molar-refractivity contribution in [1.29, 1.82) is 0 Å². The molecule has 1 N–H and O–H groups in total. The number of ether oxygens (including phenoxy) is 2. The highest BCUT2D eigenvalue weighted by Gasteiger charge is 2.40. The van der Waals surface area contributed by atoms with E-state index in [-0.39, 0.29) is 6.42 Å². The van der Waals surface area contributed by atoms with Gasteiger partial charge in [0, 0.05) is 7.05 Å². The van der Waals surface area contributed by atoms with Crippen molar-refractivity contribution in [1.82, 2.24) is 4.90 Å². The quantitative estimate of drug-likeness (QED) is 0.709. The topological polar surface area (TPSA) is 76.1 Å². The lowest BCUT2D eigenvalue weighted by Gasteiger charge is -2.39. The van der Waals surface area contributed by atoms with Crippen LogP contribution in [0.5, 0.6) is 0 Å². The standard InChI is InChI=1S/C12H21NO5/c1-7-10(8(14)6-9(15)17-7)13(5)11(16)18-12(2,3)4/h7-8,10,14H,6H2,1-5H3/t7-,8+,10-/m1/s1. The molecule has 0 radical (unpaired) electrons. The summed E-state index contributed by atoms with van der Waals surface area (Å²) in [6.45, 7) is 6.93. The average molecular weight is 259 g/mol. The number of carbonyl (C=O) groups is 2. The van der Waals surface area contributed by atoms with Crippen molar-refractivity contribution in [3.63, 3.8) is 0 Å². The number of likely N-dealkylation sites (N-methyl/N-ethyl adjacent to an activating group) is 1. The lowest BCUT2D eigenvalue weighted by Crippen LogP contribution is -2.56. The molecule has 0 aromatic rings. The number of aliphatic hydroxyl groups excluding tert-OH is 1. The number of esters is 1. The molecular weight excluding hydrogens is 238 g/mol. The van der Waals surface area contributed by atoms with Gasteiger partial charge < -0.3 is 19.5 Å². The Balaban J connectivity index is 2.73. The molecule has 0 aromatic heterocycles. The third-order valence-electron chi connectivity index (χ3n) is 2.70. The maximum Gasteiger partial charge on any atom is 0.410 e. The molecule has 0 aliphatic carbocycles. The minimum Gasteiger partial charge on any atom is -0.460 e. The van der Waals surface area contributed by atoms with Gasteiger partial charge in [0.25, 0.3) is 0 Å². The highest BCUT2D eigenvalue weighted by atomic mass is 16.6. The Hall–Kier alpha value is -1.30. The number of amides is 1. The lowest BCUT2D eigenvalue weighted by atomic mass is 9.99.